The summed E-state index contributed by atoms with van der Waals surface area (Å²) in [5, 5.41) is 0. The normalized spacial score (nSPS) is 12.0. The van der Waals surface area contributed by atoms with E-state index in [1.54, 1.807) is 13.8 Å². The summed E-state index contributed by atoms with van der Waals surface area (Å²) in [7, 11) is -3.47. The number of nitrogens with two attached hydrogens (primary N) is 1. The number of halogens is 2. The van der Waals surface area contributed by atoms with Crippen LogP contribution in [0.2, 0.25) is 0 Å². The van der Waals surface area contributed by atoms with Crippen LogP contribution in [0.1, 0.15) is 19.4 Å². The molecule has 104 valence electrons. The number of hydrogen-bond donors (Lipinski definition) is 2. The van der Waals surface area contributed by atoms with Gasteiger partial charge in [0.25, 0.3) is 0 Å². The molecule has 0 aromatic heterocycles. The molecular formula is C11H18ClFN2O2S. The van der Waals surface area contributed by atoms with E-state index in [0.29, 0.717) is 5.56 Å². The average molecular weight is 297 g/mol. The Hall–Kier alpha value is -0.690. The van der Waals surface area contributed by atoms with Gasteiger partial charge in [-0.05, 0) is 31.5 Å². The van der Waals surface area contributed by atoms with Gasteiger partial charge in [0.05, 0.1) is 5.75 Å². The van der Waals surface area contributed by atoms with Crippen LogP contribution < -0.4 is 10.5 Å². The smallest absolute Gasteiger partial charge is 0.216 e. The first kappa shape index (κ1) is 17.3. The second-order valence-corrected chi connectivity index (χ2v) is 6.30. The van der Waals surface area contributed by atoms with Crippen LogP contribution in [0, 0.1) is 5.82 Å². The largest absolute Gasteiger partial charge is 0.329 e. The Morgan fingerprint density at radius 3 is 2.22 bits per heavy atom. The van der Waals surface area contributed by atoms with E-state index in [2.05, 4.69) is 4.72 Å². The lowest BCUT2D eigenvalue weighted by Gasteiger charge is -2.23. The van der Waals surface area contributed by atoms with E-state index in [1.165, 1.54) is 24.3 Å². The predicted molar refractivity (Wildman–Crippen MR) is 72.5 cm³/mol. The van der Waals surface area contributed by atoms with Gasteiger partial charge in [0.15, 0.2) is 0 Å². The monoisotopic (exact) mass is 296 g/mol. The predicted octanol–water partition coefficient (Wildman–Crippen LogP) is 1.40. The molecule has 0 heterocycles. The van der Waals surface area contributed by atoms with Crippen molar-refractivity contribution in [2.75, 3.05) is 6.54 Å². The highest BCUT2D eigenvalue weighted by molar-refractivity contribution is 7.88. The first-order valence-corrected chi connectivity index (χ1v) is 6.85. The number of nitrogens with one attached hydrogen (secondary N) is 1. The molecule has 1 aromatic rings. The van der Waals surface area contributed by atoms with Crippen LogP contribution in [0.15, 0.2) is 24.3 Å². The highest BCUT2D eigenvalue weighted by atomic mass is 35.5. The van der Waals surface area contributed by atoms with Crippen molar-refractivity contribution in [3.8, 4) is 0 Å². The molecule has 0 saturated heterocycles. The molecule has 0 amide bonds. The lowest BCUT2D eigenvalue weighted by molar-refractivity contribution is 0.462. The van der Waals surface area contributed by atoms with E-state index in [0.717, 1.165) is 0 Å². The van der Waals surface area contributed by atoms with Gasteiger partial charge in [0.2, 0.25) is 10.0 Å². The van der Waals surface area contributed by atoms with Crippen LogP contribution in [0.4, 0.5) is 4.39 Å². The summed E-state index contributed by atoms with van der Waals surface area (Å²) in [5.74, 6) is -0.571. The number of rotatable bonds is 5. The molecule has 0 fully saturated rings. The fraction of sp³-hybridized carbons (Fsp3) is 0.455. The SMILES string of the molecule is CC(C)(CN)NS(=O)(=O)Cc1ccc(F)cc1.Cl. The third-order valence-corrected chi connectivity index (χ3v) is 3.79. The highest BCUT2D eigenvalue weighted by Crippen LogP contribution is 2.09. The molecule has 7 heteroatoms. The first-order chi connectivity index (χ1) is 7.74. The summed E-state index contributed by atoms with van der Waals surface area (Å²) in [6, 6.07) is 5.37. The Labute approximate surface area is 113 Å². The van der Waals surface area contributed by atoms with Crippen LogP contribution in [0.25, 0.3) is 0 Å². The second-order valence-electron chi connectivity index (χ2n) is 4.58. The number of hydrogen-bond acceptors (Lipinski definition) is 3. The van der Waals surface area contributed by atoms with Gasteiger partial charge in [0.1, 0.15) is 5.82 Å². The Bertz CT molecular complexity index is 474. The summed E-state index contributed by atoms with van der Waals surface area (Å²) in [5.41, 5.74) is 5.30. The molecule has 4 nitrogen and oxygen atoms in total. The molecule has 1 aromatic carbocycles. The van der Waals surface area contributed by atoms with Gasteiger partial charge in [-0.2, -0.15) is 0 Å². The molecule has 3 N–H and O–H groups in total. The van der Waals surface area contributed by atoms with E-state index in [-0.39, 0.29) is 30.5 Å². The van der Waals surface area contributed by atoms with E-state index in [1.807, 2.05) is 0 Å². The van der Waals surface area contributed by atoms with Gasteiger partial charge in [0, 0.05) is 12.1 Å². The lowest BCUT2D eigenvalue weighted by Crippen LogP contribution is -2.49. The van der Waals surface area contributed by atoms with Crippen molar-refractivity contribution in [3.05, 3.63) is 35.6 Å². The summed E-state index contributed by atoms with van der Waals surface area (Å²) in [4.78, 5) is 0. The average Bonchev–Trinajstić information content (AvgIpc) is 2.20. The Morgan fingerprint density at radius 2 is 1.78 bits per heavy atom. The van der Waals surface area contributed by atoms with Crippen molar-refractivity contribution in [2.45, 2.75) is 25.1 Å². The van der Waals surface area contributed by atoms with Crippen LogP contribution in [0.5, 0.6) is 0 Å². The zero-order valence-electron chi connectivity index (χ0n) is 10.3. The second kappa shape index (κ2) is 6.47. The molecule has 0 aliphatic carbocycles. The minimum Gasteiger partial charge on any atom is -0.329 e. The van der Waals surface area contributed by atoms with Crippen LogP contribution in [0.3, 0.4) is 0 Å². The molecule has 0 bridgehead atoms. The first-order valence-electron chi connectivity index (χ1n) is 5.20. The summed E-state index contributed by atoms with van der Waals surface area (Å²) in [6.45, 7) is 3.61. The fourth-order valence-corrected chi connectivity index (χ4v) is 2.93. The maximum absolute atomic E-state index is 12.7. The van der Waals surface area contributed by atoms with Crippen molar-refractivity contribution < 1.29 is 12.8 Å². The van der Waals surface area contributed by atoms with Gasteiger partial charge >= 0.3 is 0 Å². The van der Waals surface area contributed by atoms with Gasteiger partial charge in [-0.15, -0.1) is 12.4 Å². The Balaban J connectivity index is 0.00000289. The van der Waals surface area contributed by atoms with Crippen LogP contribution in [-0.2, 0) is 15.8 Å². The molecular weight excluding hydrogens is 279 g/mol. The Morgan fingerprint density at radius 1 is 1.28 bits per heavy atom. The zero-order valence-corrected chi connectivity index (χ0v) is 11.9. The molecule has 0 aliphatic heterocycles. The maximum atomic E-state index is 12.7. The topological polar surface area (TPSA) is 72.2 Å². The van der Waals surface area contributed by atoms with Crippen molar-refractivity contribution >= 4 is 22.4 Å². The number of benzene rings is 1. The maximum Gasteiger partial charge on any atom is 0.216 e. The highest BCUT2D eigenvalue weighted by Gasteiger charge is 2.23. The third-order valence-electron chi connectivity index (χ3n) is 2.21. The van der Waals surface area contributed by atoms with Crippen molar-refractivity contribution in [3.63, 3.8) is 0 Å². The van der Waals surface area contributed by atoms with Crippen LogP contribution in [-0.4, -0.2) is 20.5 Å². The molecule has 0 radical (unpaired) electrons. The van der Waals surface area contributed by atoms with Gasteiger partial charge in [-0.1, -0.05) is 12.1 Å². The number of sulfonamides is 1. The standard InChI is InChI=1S/C11H17FN2O2S.ClH/c1-11(2,8-13)14-17(15,16)7-9-3-5-10(12)6-4-9;/h3-6,14H,7-8,13H2,1-2H3;1H. The molecule has 1 rings (SSSR count). The van der Waals surface area contributed by atoms with E-state index in [4.69, 9.17) is 5.73 Å². The van der Waals surface area contributed by atoms with E-state index >= 15 is 0 Å². The molecule has 0 aliphatic rings. The minimum atomic E-state index is -3.47. The molecule has 0 atom stereocenters. The van der Waals surface area contributed by atoms with Gasteiger partial charge in [-0.3, -0.25) is 0 Å². The van der Waals surface area contributed by atoms with Crippen molar-refractivity contribution in [1.82, 2.24) is 4.72 Å². The Kier molecular flexibility index (Phi) is 6.22. The van der Waals surface area contributed by atoms with Gasteiger partial charge < -0.3 is 5.73 Å². The van der Waals surface area contributed by atoms with Crippen LogP contribution >= 0.6 is 12.4 Å². The van der Waals surface area contributed by atoms with Crippen molar-refractivity contribution in [1.29, 1.82) is 0 Å². The van der Waals surface area contributed by atoms with Crippen molar-refractivity contribution in [2.24, 2.45) is 5.73 Å². The van der Waals surface area contributed by atoms with E-state index < -0.39 is 15.6 Å². The molecule has 0 saturated carbocycles. The molecule has 18 heavy (non-hydrogen) atoms. The van der Waals surface area contributed by atoms with E-state index in [9.17, 15) is 12.8 Å². The summed E-state index contributed by atoms with van der Waals surface area (Å²) in [6.07, 6.45) is 0. The quantitative estimate of drug-likeness (QED) is 0.863. The third kappa shape index (κ3) is 5.77. The summed E-state index contributed by atoms with van der Waals surface area (Å²) >= 11 is 0. The zero-order chi connectivity index (χ0) is 13.1. The fourth-order valence-electron chi connectivity index (χ4n) is 1.30. The molecule has 0 unspecified atom stereocenters. The molecule has 0 spiro atoms. The summed E-state index contributed by atoms with van der Waals surface area (Å²) < 4.78 is 38.8. The minimum absolute atomic E-state index is 0. The lowest BCUT2D eigenvalue weighted by atomic mass is 10.1. The van der Waals surface area contributed by atoms with Gasteiger partial charge in [-0.25, -0.2) is 17.5 Å².